The zero-order valence-corrected chi connectivity index (χ0v) is 18.5. The first-order valence-corrected chi connectivity index (χ1v) is 11.2. The summed E-state index contributed by atoms with van der Waals surface area (Å²) in [6.45, 7) is 7.56. The fraction of sp³-hybridized carbons (Fsp3) is 0.478. The number of amides is 1. The van der Waals surface area contributed by atoms with Gasteiger partial charge in [-0.05, 0) is 35.4 Å². The number of nitrogens with zero attached hydrogens (tertiary/aromatic N) is 2. The van der Waals surface area contributed by atoms with Crippen LogP contribution in [0.3, 0.4) is 0 Å². The maximum Gasteiger partial charge on any atom is 0.222 e. The lowest BCUT2D eigenvalue weighted by Gasteiger charge is -2.29. The zero-order chi connectivity index (χ0) is 20.7. The molecule has 6 heteroatoms. The van der Waals surface area contributed by atoms with E-state index in [0.29, 0.717) is 6.42 Å². The van der Waals surface area contributed by atoms with Crippen LogP contribution in [-0.2, 0) is 23.2 Å². The van der Waals surface area contributed by atoms with Crippen LogP contribution in [-0.4, -0.2) is 43.4 Å². The van der Waals surface area contributed by atoms with Gasteiger partial charge in [-0.25, -0.2) is 0 Å². The van der Waals surface area contributed by atoms with Gasteiger partial charge in [0.1, 0.15) is 0 Å². The van der Waals surface area contributed by atoms with Gasteiger partial charge in [-0.3, -0.25) is 9.79 Å². The van der Waals surface area contributed by atoms with Crippen LogP contribution >= 0.6 is 11.3 Å². The van der Waals surface area contributed by atoms with E-state index in [-0.39, 0.29) is 11.3 Å². The molecule has 2 aromatic rings. The first-order chi connectivity index (χ1) is 14.0. The fourth-order valence-corrected chi connectivity index (χ4v) is 4.44. The molecule has 0 bridgehead atoms. The number of carbonyl (C=O) groups excluding carboxylic acids is 1. The van der Waals surface area contributed by atoms with Crippen molar-refractivity contribution in [3.63, 3.8) is 0 Å². The summed E-state index contributed by atoms with van der Waals surface area (Å²) in [5.41, 5.74) is 2.70. The molecule has 2 N–H and O–H groups in total. The minimum Gasteiger partial charge on any atom is -0.356 e. The number of aliphatic imine (C=N–C) groups is 1. The fourth-order valence-electron chi connectivity index (χ4n) is 3.59. The van der Waals surface area contributed by atoms with Crippen LogP contribution in [0.4, 0.5) is 0 Å². The van der Waals surface area contributed by atoms with Crippen LogP contribution in [0.2, 0.25) is 0 Å². The average Bonchev–Trinajstić information content (AvgIpc) is 3.28. The van der Waals surface area contributed by atoms with Crippen LogP contribution in [0.25, 0.3) is 0 Å². The van der Waals surface area contributed by atoms with Crippen LogP contribution in [0, 0.1) is 0 Å². The molecular weight excluding hydrogens is 380 g/mol. The molecule has 29 heavy (non-hydrogen) atoms. The van der Waals surface area contributed by atoms with Gasteiger partial charge in [-0.2, -0.15) is 0 Å². The van der Waals surface area contributed by atoms with Crippen molar-refractivity contribution < 1.29 is 4.79 Å². The van der Waals surface area contributed by atoms with E-state index < -0.39 is 0 Å². The topological polar surface area (TPSA) is 56.7 Å². The standard InChI is InChI=1S/C23H32N4OS/c1-23(2,20-10-7-15-29-20)17-26-22(24-3)25-13-6-11-21(28)27-14-12-18-8-4-5-9-19(18)16-27/h4-5,7-10,15H,6,11-14,16-17H2,1-3H3,(H2,24,25,26). The Bertz CT molecular complexity index is 829. The zero-order valence-electron chi connectivity index (χ0n) is 17.7. The number of hydrogen-bond acceptors (Lipinski definition) is 3. The summed E-state index contributed by atoms with van der Waals surface area (Å²) in [6, 6.07) is 12.7. The minimum absolute atomic E-state index is 0.0479. The number of guanidine groups is 1. The number of benzene rings is 1. The normalized spacial score (nSPS) is 14.4. The van der Waals surface area contributed by atoms with Gasteiger partial charge in [0.05, 0.1) is 0 Å². The van der Waals surface area contributed by atoms with Crippen LogP contribution in [0.5, 0.6) is 0 Å². The van der Waals surface area contributed by atoms with E-state index in [4.69, 9.17) is 0 Å². The van der Waals surface area contributed by atoms with Gasteiger partial charge in [0.15, 0.2) is 5.96 Å². The summed E-state index contributed by atoms with van der Waals surface area (Å²) in [4.78, 5) is 20.2. The first kappa shape index (κ1) is 21.4. The Labute approximate surface area is 178 Å². The molecule has 0 atom stereocenters. The second-order valence-corrected chi connectivity index (χ2v) is 9.10. The maximum absolute atomic E-state index is 12.6. The molecule has 1 aliphatic rings. The predicted octanol–water partition coefficient (Wildman–Crippen LogP) is 3.56. The summed E-state index contributed by atoms with van der Waals surface area (Å²) in [7, 11) is 1.78. The predicted molar refractivity (Wildman–Crippen MR) is 122 cm³/mol. The smallest absolute Gasteiger partial charge is 0.222 e. The molecular formula is C23H32N4OS. The van der Waals surface area contributed by atoms with E-state index in [2.05, 4.69) is 71.3 Å². The quantitative estimate of drug-likeness (QED) is 0.415. The van der Waals surface area contributed by atoms with E-state index in [1.54, 1.807) is 18.4 Å². The summed E-state index contributed by atoms with van der Waals surface area (Å²) < 4.78 is 0. The second kappa shape index (κ2) is 9.92. The minimum atomic E-state index is 0.0479. The lowest BCUT2D eigenvalue weighted by atomic mass is 9.91. The largest absolute Gasteiger partial charge is 0.356 e. The highest BCUT2D eigenvalue weighted by molar-refractivity contribution is 7.10. The number of carbonyl (C=O) groups is 1. The Morgan fingerprint density at radius 3 is 2.69 bits per heavy atom. The average molecular weight is 413 g/mol. The Morgan fingerprint density at radius 1 is 1.17 bits per heavy atom. The van der Waals surface area contributed by atoms with Gasteiger partial charge in [-0.1, -0.05) is 44.2 Å². The Morgan fingerprint density at radius 2 is 1.97 bits per heavy atom. The Balaban J connectivity index is 1.37. The van der Waals surface area contributed by atoms with E-state index in [1.165, 1.54) is 16.0 Å². The van der Waals surface area contributed by atoms with Crippen LogP contribution < -0.4 is 10.6 Å². The first-order valence-electron chi connectivity index (χ1n) is 10.3. The molecule has 0 saturated heterocycles. The van der Waals surface area contributed by atoms with E-state index in [9.17, 15) is 4.79 Å². The Kier molecular flexibility index (Phi) is 7.31. The molecule has 156 valence electrons. The van der Waals surface area contributed by atoms with Gasteiger partial charge >= 0.3 is 0 Å². The highest BCUT2D eigenvalue weighted by atomic mass is 32.1. The number of rotatable bonds is 7. The number of thiophene rings is 1. The summed E-state index contributed by atoms with van der Waals surface area (Å²) in [6.07, 6.45) is 2.32. The molecule has 2 heterocycles. The number of fused-ring (bicyclic) bond motifs is 1. The molecule has 0 unspecified atom stereocenters. The molecule has 1 aromatic heterocycles. The van der Waals surface area contributed by atoms with Crippen molar-refractivity contribution in [3.8, 4) is 0 Å². The van der Waals surface area contributed by atoms with Crippen molar-refractivity contribution in [1.29, 1.82) is 0 Å². The third-order valence-electron chi connectivity index (χ3n) is 5.45. The SMILES string of the molecule is CN=C(NCCCC(=O)N1CCc2ccccc2C1)NCC(C)(C)c1cccs1. The molecule has 3 rings (SSSR count). The molecule has 0 fully saturated rings. The van der Waals surface area contributed by atoms with E-state index in [0.717, 1.165) is 45.0 Å². The molecule has 5 nitrogen and oxygen atoms in total. The third kappa shape index (κ3) is 5.82. The van der Waals surface area contributed by atoms with Crippen LogP contribution in [0.15, 0.2) is 46.8 Å². The van der Waals surface area contributed by atoms with Crippen molar-refractivity contribution in [2.45, 2.75) is 45.1 Å². The Hall–Kier alpha value is -2.34. The molecule has 0 radical (unpaired) electrons. The number of hydrogen-bond donors (Lipinski definition) is 2. The second-order valence-electron chi connectivity index (χ2n) is 8.15. The van der Waals surface area contributed by atoms with Crippen molar-refractivity contribution >= 4 is 23.2 Å². The molecule has 1 aliphatic heterocycles. The highest BCUT2D eigenvalue weighted by Crippen LogP contribution is 2.26. The van der Waals surface area contributed by atoms with Crippen molar-refractivity contribution in [2.24, 2.45) is 4.99 Å². The monoisotopic (exact) mass is 412 g/mol. The molecule has 0 aliphatic carbocycles. The molecule has 1 aromatic carbocycles. The van der Waals surface area contributed by atoms with Gasteiger partial charge < -0.3 is 15.5 Å². The molecule has 0 spiro atoms. The van der Waals surface area contributed by atoms with Gasteiger partial charge in [0.25, 0.3) is 0 Å². The van der Waals surface area contributed by atoms with Gasteiger partial charge in [0, 0.05) is 49.9 Å². The van der Waals surface area contributed by atoms with E-state index in [1.807, 2.05) is 4.90 Å². The highest BCUT2D eigenvalue weighted by Gasteiger charge is 2.22. The van der Waals surface area contributed by atoms with Gasteiger partial charge in [-0.15, -0.1) is 11.3 Å². The number of nitrogens with one attached hydrogen (secondary N) is 2. The lowest BCUT2D eigenvalue weighted by Crippen LogP contribution is -2.43. The summed E-state index contributed by atoms with van der Waals surface area (Å²) in [5.74, 6) is 1.03. The summed E-state index contributed by atoms with van der Waals surface area (Å²) >= 11 is 1.78. The van der Waals surface area contributed by atoms with Crippen molar-refractivity contribution in [3.05, 3.63) is 57.8 Å². The summed E-state index contributed by atoms with van der Waals surface area (Å²) in [5, 5.41) is 8.86. The maximum atomic E-state index is 12.6. The third-order valence-corrected chi connectivity index (χ3v) is 6.69. The van der Waals surface area contributed by atoms with Crippen LogP contribution in [0.1, 0.15) is 42.7 Å². The van der Waals surface area contributed by atoms with Gasteiger partial charge in [0.2, 0.25) is 5.91 Å². The van der Waals surface area contributed by atoms with Crippen molar-refractivity contribution in [2.75, 3.05) is 26.7 Å². The van der Waals surface area contributed by atoms with E-state index >= 15 is 0 Å². The molecule has 0 saturated carbocycles. The molecule has 1 amide bonds. The lowest BCUT2D eigenvalue weighted by molar-refractivity contribution is -0.132. The van der Waals surface area contributed by atoms with Crippen molar-refractivity contribution in [1.82, 2.24) is 15.5 Å².